The van der Waals surface area contributed by atoms with Crippen molar-refractivity contribution in [3.8, 4) is 6.07 Å². The van der Waals surface area contributed by atoms with E-state index >= 15 is 0 Å². The highest BCUT2D eigenvalue weighted by atomic mass is 32.1. The van der Waals surface area contributed by atoms with E-state index < -0.39 is 11.7 Å². The molecule has 0 saturated carbocycles. The summed E-state index contributed by atoms with van der Waals surface area (Å²) in [5.41, 5.74) is 3.72. The number of nitrogens with zero attached hydrogens (tertiary/aromatic N) is 3. The SMILES string of the molecule is Cc1cccc(C(=O)N(C)Cc2nc(C)cs2)c1.Cc1ccccc1.N#Cc1cc(CNCCCNC=O)cc(C(F)(F)F)c1. The molecule has 2 N–H and O–H groups in total. The van der Waals surface area contributed by atoms with E-state index in [9.17, 15) is 22.8 Å². The van der Waals surface area contributed by atoms with Crippen molar-refractivity contribution in [2.75, 3.05) is 20.1 Å². The first-order valence-corrected chi connectivity index (χ1v) is 15.0. The Morgan fingerprint density at radius 1 is 1.00 bits per heavy atom. The van der Waals surface area contributed by atoms with Crippen LogP contribution >= 0.6 is 11.3 Å². The van der Waals surface area contributed by atoms with Gasteiger partial charge < -0.3 is 15.5 Å². The quantitative estimate of drug-likeness (QED) is 0.147. The van der Waals surface area contributed by atoms with Crippen LogP contribution in [0.25, 0.3) is 0 Å². The number of alkyl halides is 3. The van der Waals surface area contributed by atoms with Crippen LogP contribution in [0.5, 0.6) is 0 Å². The van der Waals surface area contributed by atoms with Gasteiger partial charge in [0.2, 0.25) is 6.41 Å². The molecule has 0 spiro atoms. The molecule has 0 aliphatic heterocycles. The summed E-state index contributed by atoms with van der Waals surface area (Å²) < 4.78 is 37.9. The minimum absolute atomic E-state index is 0.0146. The van der Waals surface area contributed by atoms with Crippen molar-refractivity contribution in [3.05, 3.63) is 122 Å². The van der Waals surface area contributed by atoms with Gasteiger partial charge in [0, 0.05) is 36.8 Å². The number of thiazole rings is 1. The first kappa shape index (κ1) is 36.7. The smallest absolute Gasteiger partial charge is 0.359 e. The fraction of sp³-hybridized carbons (Fsp3) is 0.294. The number of carbonyl (C=O) groups is 2. The second kappa shape index (κ2) is 19.0. The number of rotatable bonds is 10. The highest BCUT2D eigenvalue weighted by Gasteiger charge is 2.31. The lowest BCUT2D eigenvalue weighted by molar-refractivity contribution is -0.137. The summed E-state index contributed by atoms with van der Waals surface area (Å²) in [7, 11) is 1.81. The van der Waals surface area contributed by atoms with E-state index in [4.69, 9.17) is 5.26 Å². The summed E-state index contributed by atoms with van der Waals surface area (Å²) in [6.45, 7) is 7.88. The number of halogens is 3. The minimum Gasteiger partial charge on any atom is -0.359 e. The maximum absolute atomic E-state index is 12.6. The van der Waals surface area contributed by atoms with E-state index in [1.807, 2.05) is 61.7 Å². The Morgan fingerprint density at radius 2 is 1.71 bits per heavy atom. The van der Waals surface area contributed by atoms with Crippen LogP contribution in [0.3, 0.4) is 0 Å². The Hall–Kier alpha value is -4.53. The van der Waals surface area contributed by atoms with Gasteiger partial charge >= 0.3 is 6.18 Å². The number of hydrogen-bond acceptors (Lipinski definition) is 6. The molecule has 0 fully saturated rings. The van der Waals surface area contributed by atoms with Crippen LogP contribution in [0.4, 0.5) is 13.2 Å². The third-order valence-corrected chi connectivity index (χ3v) is 7.08. The normalized spacial score (nSPS) is 10.4. The van der Waals surface area contributed by atoms with Crippen molar-refractivity contribution in [2.24, 2.45) is 0 Å². The fourth-order valence-corrected chi connectivity index (χ4v) is 4.74. The zero-order valence-corrected chi connectivity index (χ0v) is 26.6. The molecular formula is C34H38F3N5O2S. The van der Waals surface area contributed by atoms with Gasteiger partial charge in [-0.1, -0.05) is 53.6 Å². The van der Waals surface area contributed by atoms with Crippen LogP contribution in [-0.4, -0.2) is 42.3 Å². The second-order valence-corrected chi connectivity index (χ2v) is 11.1. The molecule has 1 aromatic heterocycles. The van der Waals surface area contributed by atoms with Gasteiger partial charge in [-0.2, -0.15) is 18.4 Å². The van der Waals surface area contributed by atoms with Gasteiger partial charge in [0.1, 0.15) is 5.01 Å². The lowest BCUT2D eigenvalue weighted by atomic mass is 10.1. The van der Waals surface area contributed by atoms with Gasteiger partial charge in [0.25, 0.3) is 5.91 Å². The van der Waals surface area contributed by atoms with Crippen LogP contribution in [0, 0.1) is 32.1 Å². The number of hydrogen-bond donors (Lipinski definition) is 2. The summed E-state index contributed by atoms with van der Waals surface area (Å²) in [4.78, 5) is 28.3. The molecular weight excluding hydrogens is 599 g/mol. The average Bonchev–Trinajstić information content (AvgIpc) is 3.43. The lowest BCUT2D eigenvalue weighted by Crippen LogP contribution is -2.26. The molecule has 0 radical (unpaired) electrons. The Bertz CT molecular complexity index is 1530. The van der Waals surface area contributed by atoms with Crippen molar-refractivity contribution in [2.45, 2.75) is 46.5 Å². The average molecular weight is 638 g/mol. The van der Waals surface area contributed by atoms with Gasteiger partial charge in [0.15, 0.2) is 0 Å². The highest BCUT2D eigenvalue weighted by molar-refractivity contribution is 7.09. The number of aryl methyl sites for hydroxylation is 3. The third-order valence-electron chi connectivity index (χ3n) is 6.13. The molecule has 4 aromatic rings. The molecule has 45 heavy (non-hydrogen) atoms. The number of benzene rings is 3. The molecule has 4 rings (SSSR count). The fourth-order valence-electron chi connectivity index (χ4n) is 3.91. The summed E-state index contributed by atoms with van der Waals surface area (Å²) in [6, 6.07) is 22.9. The Kier molecular flexibility index (Phi) is 15.5. The molecule has 2 amide bonds. The van der Waals surface area contributed by atoms with Crippen molar-refractivity contribution >= 4 is 23.7 Å². The zero-order chi connectivity index (χ0) is 33.2. The Morgan fingerprint density at radius 3 is 2.27 bits per heavy atom. The van der Waals surface area contributed by atoms with Gasteiger partial charge in [-0.05, 0) is 69.6 Å². The van der Waals surface area contributed by atoms with Gasteiger partial charge in [-0.15, -0.1) is 11.3 Å². The summed E-state index contributed by atoms with van der Waals surface area (Å²) >= 11 is 1.59. The molecule has 238 valence electrons. The van der Waals surface area contributed by atoms with E-state index in [0.29, 0.717) is 38.0 Å². The zero-order valence-electron chi connectivity index (χ0n) is 25.8. The number of carbonyl (C=O) groups excluding carboxylic acids is 2. The van der Waals surface area contributed by atoms with Crippen LogP contribution in [0.1, 0.15) is 55.3 Å². The van der Waals surface area contributed by atoms with Crippen LogP contribution in [0.15, 0.2) is 78.2 Å². The van der Waals surface area contributed by atoms with Crippen LogP contribution in [-0.2, 0) is 24.1 Å². The predicted octanol–water partition coefficient (Wildman–Crippen LogP) is 6.83. The molecule has 0 unspecified atom stereocenters. The third kappa shape index (κ3) is 14.2. The molecule has 7 nitrogen and oxygen atoms in total. The van der Waals surface area contributed by atoms with Crippen molar-refractivity contribution in [1.82, 2.24) is 20.5 Å². The van der Waals surface area contributed by atoms with Gasteiger partial charge in [0.05, 0.1) is 23.7 Å². The van der Waals surface area contributed by atoms with E-state index in [-0.39, 0.29) is 18.0 Å². The lowest BCUT2D eigenvalue weighted by Gasteiger charge is -2.15. The number of aromatic nitrogens is 1. The number of amides is 2. The largest absolute Gasteiger partial charge is 0.416 e. The van der Waals surface area contributed by atoms with Crippen LogP contribution < -0.4 is 10.6 Å². The first-order chi connectivity index (χ1) is 21.4. The van der Waals surface area contributed by atoms with Crippen LogP contribution in [0.2, 0.25) is 0 Å². The summed E-state index contributed by atoms with van der Waals surface area (Å²) in [6.07, 6.45) is -3.20. The Balaban J connectivity index is 0.000000259. The molecule has 0 aliphatic rings. The van der Waals surface area contributed by atoms with E-state index in [1.54, 1.807) is 29.4 Å². The van der Waals surface area contributed by atoms with Crippen molar-refractivity contribution in [1.29, 1.82) is 5.26 Å². The van der Waals surface area contributed by atoms with E-state index in [2.05, 4.69) is 34.7 Å². The minimum atomic E-state index is -4.46. The first-order valence-electron chi connectivity index (χ1n) is 14.2. The molecule has 0 saturated heterocycles. The number of nitriles is 1. The second-order valence-electron chi connectivity index (χ2n) is 10.2. The topological polar surface area (TPSA) is 98.1 Å². The van der Waals surface area contributed by atoms with E-state index in [0.717, 1.165) is 34.0 Å². The molecule has 1 heterocycles. The summed E-state index contributed by atoms with van der Waals surface area (Å²) in [5, 5.41) is 17.2. The van der Waals surface area contributed by atoms with E-state index in [1.165, 1.54) is 11.6 Å². The monoisotopic (exact) mass is 637 g/mol. The standard InChI is InChI=1S/C14H16N2OS.C13H14F3N3O.C7H8/c1-10-5-4-6-12(7-10)14(17)16(3)8-13-15-11(2)9-18-13;14-13(15,16)12-5-10(7-17)4-11(6-12)8-18-2-1-3-19-9-20;1-7-5-3-2-4-6-7/h4-7,9H,8H2,1-3H3;4-6,9,18H,1-3,8H2,(H,19,20);2-6H,1H3. The summed E-state index contributed by atoms with van der Waals surface area (Å²) in [5.74, 6) is 0.0338. The van der Waals surface area contributed by atoms with Gasteiger partial charge in [-0.25, -0.2) is 4.98 Å². The maximum Gasteiger partial charge on any atom is 0.416 e. The molecule has 11 heteroatoms. The number of nitrogens with one attached hydrogen (secondary N) is 2. The predicted molar refractivity (Wildman–Crippen MR) is 172 cm³/mol. The van der Waals surface area contributed by atoms with Gasteiger partial charge in [-0.3, -0.25) is 9.59 Å². The maximum atomic E-state index is 12.6. The van der Waals surface area contributed by atoms with Crippen molar-refractivity contribution < 1.29 is 22.8 Å². The van der Waals surface area contributed by atoms with Crippen molar-refractivity contribution in [3.63, 3.8) is 0 Å². The molecule has 0 aliphatic carbocycles. The molecule has 3 aromatic carbocycles. The molecule has 0 bridgehead atoms. The highest BCUT2D eigenvalue weighted by Crippen LogP contribution is 2.30. The Labute approximate surface area is 266 Å². The molecule has 0 atom stereocenters.